The molecule has 1 aliphatic heterocycles. The first-order valence-corrected chi connectivity index (χ1v) is 9.32. The molecule has 0 bridgehead atoms. The fourth-order valence-electron chi connectivity index (χ4n) is 3.52. The summed E-state index contributed by atoms with van der Waals surface area (Å²) in [6.07, 6.45) is 0.725. The molecule has 140 valence electrons. The highest BCUT2D eigenvalue weighted by Gasteiger charge is 2.35. The zero-order chi connectivity index (χ0) is 19.4. The van der Waals surface area contributed by atoms with Gasteiger partial charge in [0.1, 0.15) is 12.6 Å². The average Bonchev–Trinajstić information content (AvgIpc) is 3.08. The van der Waals surface area contributed by atoms with Crippen LogP contribution in [0, 0.1) is 17.2 Å². The molecule has 1 amide bonds. The number of halogens is 1. The predicted octanol–water partition coefficient (Wildman–Crippen LogP) is 3.35. The van der Waals surface area contributed by atoms with E-state index in [1.165, 1.54) is 0 Å². The van der Waals surface area contributed by atoms with Gasteiger partial charge < -0.3 is 15.3 Å². The maximum atomic E-state index is 12.5. The van der Waals surface area contributed by atoms with Crippen molar-refractivity contribution in [1.82, 2.24) is 5.32 Å². The van der Waals surface area contributed by atoms with Crippen molar-refractivity contribution in [2.45, 2.75) is 26.0 Å². The lowest BCUT2D eigenvalue weighted by Crippen LogP contribution is -2.43. The number of amides is 1. The second-order valence-corrected chi connectivity index (χ2v) is 7.31. The molecule has 0 aliphatic carbocycles. The van der Waals surface area contributed by atoms with Crippen LogP contribution in [0.15, 0.2) is 42.5 Å². The van der Waals surface area contributed by atoms with Crippen LogP contribution in [0.4, 0.5) is 5.69 Å². The number of hydrogen-bond donors (Lipinski definition) is 2. The Morgan fingerprint density at radius 2 is 2.00 bits per heavy atom. The minimum Gasteiger partial charge on any atom is -0.392 e. The van der Waals surface area contributed by atoms with Gasteiger partial charge in [0.05, 0.1) is 23.4 Å². The second-order valence-electron chi connectivity index (χ2n) is 6.91. The van der Waals surface area contributed by atoms with Gasteiger partial charge in [0.2, 0.25) is 5.91 Å². The van der Waals surface area contributed by atoms with Crippen molar-refractivity contribution >= 4 is 23.2 Å². The van der Waals surface area contributed by atoms with E-state index in [1.807, 2.05) is 53.4 Å². The fourth-order valence-corrected chi connectivity index (χ4v) is 3.75. The molecule has 2 aromatic rings. The van der Waals surface area contributed by atoms with Crippen molar-refractivity contribution in [1.29, 1.82) is 5.26 Å². The van der Waals surface area contributed by atoms with E-state index in [9.17, 15) is 9.90 Å². The minimum absolute atomic E-state index is 0.00251. The Morgan fingerprint density at radius 1 is 1.30 bits per heavy atom. The zero-order valence-corrected chi connectivity index (χ0v) is 15.9. The van der Waals surface area contributed by atoms with Crippen LogP contribution in [0.5, 0.6) is 0 Å². The minimum atomic E-state index is -0.335. The van der Waals surface area contributed by atoms with Gasteiger partial charge in [-0.1, -0.05) is 48.9 Å². The largest absolute Gasteiger partial charge is 0.392 e. The first kappa shape index (κ1) is 19.2. The SMILES string of the molecule is C[C@H]1C[C@@H](C(=O)NCC#N)N(c2cc(-c3ccc(CO)cc3)ccc2Cl)C1. The number of anilines is 1. The molecular formula is C21H22ClN3O2. The third-order valence-electron chi connectivity index (χ3n) is 4.88. The van der Waals surface area contributed by atoms with Gasteiger partial charge in [-0.15, -0.1) is 0 Å². The molecule has 6 heteroatoms. The van der Waals surface area contributed by atoms with E-state index in [1.54, 1.807) is 0 Å². The molecule has 5 nitrogen and oxygen atoms in total. The number of nitriles is 1. The summed E-state index contributed by atoms with van der Waals surface area (Å²) in [6.45, 7) is 2.85. The third kappa shape index (κ3) is 4.24. The quantitative estimate of drug-likeness (QED) is 0.776. The van der Waals surface area contributed by atoms with Crippen molar-refractivity contribution in [2.24, 2.45) is 5.92 Å². The number of carbonyl (C=O) groups is 1. The lowest BCUT2D eigenvalue weighted by atomic mass is 10.0. The molecule has 1 saturated heterocycles. The van der Waals surface area contributed by atoms with E-state index < -0.39 is 0 Å². The van der Waals surface area contributed by atoms with E-state index in [-0.39, 0.29) is 25.1 Å². The van der Waals surface area contributed by atoms with E-state index >= 15 is 0 Å². The van der Waals surface area contributed by atoms with Crippen LogP contribution in [0.2, 0.25) is 5.02 Å². The van der Waals surface area contributed by atoms with Crippen LogP contribution in [0.1, 0.15) is 18.9 Å². The Balaban J connectivity index is 1.92. The van der Waals surface area contributed by atoms with Gasteiger partial charge in [-0.05, 0) is 41.2 Å². The third-order valence-corrected chi connectivity index (χ3v) is 5.20. The number of nitrogens with zero attached hydrogens (tertiary/aromatic N) is 2. The van der Waals surface area contributed by atoms with Crippen molar-refractivity contribution in [2.75, 3.05) is 18.0 Å². The predicted molar refractivity (Wildman–Crippen MR) is 106 cm³/mol. The molecule has 2 aromatic carbocycles. The summed E-state index contributed by atoms with van der Waals surface area (Å²) >= 11 is 6.47. The summed E-state index contributed by atoms with van der Waals surface area (Å²) in [5.74, 6) is 0.209. The van der Waals surface area contributed by atoms with E-state index in [4.69, 9.17) is 16.9 Å². The molecule has 0 aromatic heterocycles. The summed E-state index contributed by atoms with van der Waals surface area (Å²) in [4.78, 5) is 14.5. The topological polar surface area (TPSA) is 76.4 Å². The first-order chi connectivity index (χ1) is 13.0. The molecule has 3 rings (SSSR count). The van der Waals surface area contributed by atoms with Gasteiger partial charge in [0.25, 0.3) is 0 Å². The van der Waals surface area contributed by atoms with Crippen LogP contribution in [-0.4, -0.2) is 30.1 Å². The van der Waals surface area contributed by atoms with Gasteiger partial charge in [0, 0.05) is 6.54 Å². The van der Waals surface area contributed by atoms with Gasteiger partial charge in [-0.3, -0.25) is 4.79 Å². The molecule has 2 N–H and O–H groups in total. The highest BCUT2D eigenvalue weighted by atomic mass is 35.5. The lowest BCUT2D eigenvalue weighted by Gasteiger charge is -2.27. The number of aliphatic hydroxyl groups is 1. The Kier molecular flexibility index (Phi) is 6.00. The first-order valence-electron chi connectivity index (χ1n) is 8.94. The van der Waals surface area contributed by atoms with Crippen molar-refractivity contribution in [3.8, 4) is 17.2 Å². The Bertz CT molecular complexity index is 861. The lowest BCUT2D eigenvalue weighted by molar-refractivity contribution is -0.122. The summed E-state index contributed by atoms with van der Waals surface area (Å²) in [5, 5.41) is 21.2. The summed E-state index contributed by atoms with van der Waals surface area (Å²) in [5.41, 5.74) is 3.69. The number of carbonyl (C=O) groups excluding carboxylic acids is 1. The summed E-state index contributed by atoms with van der Waals surface area (Å²) < 4.78 is 0. The molecule has 0 radical (unpaired) electrons. The highest BCUT2D eigenvalue weighted by molar-refractivity contribution is 6.33. The smallest absolute Gasteiger partial charge is 0.243 e. The van der Waals surface area contributed by atoms with Crippen LogP contribution >= 0.6 is 11.6 Å². The Hall–Kier alpha value is -2.55. The normalized spacial score (nSPS) is 19.0. The molecule has 0 spiro atoms. The van der Waals surface area contributed by atoms with Crippen molar-refractivity contribution in [3.05, 3.63) is 53.1 Å². The summed E-state index contributed by atoms with van der Waals surface area (Å²) in [7, 11) is 0. The van der Waals surface area contributed by atoms with Crippen LogP contribution in [-0.2, 0) is 11.4 Å². The molecule has 2 atom stereocenters. The van der Waals surface area contributed by atoms with Gasteiger partial charge in [-0.2, -0.15) is 5.26 Å². The van der Waals surface area contributed by atoms with Crippen LogP contribution in [0.25, 0.3) is 11.1 Å². The second kappa shape index (κ2) is 8.43. The molecule has 1 aliphatic rings. The molecular weight excluding hydrogens is 362 g/mol. The van der Waals surface area contributed by atoms with Gasteiger partial charge >= 0.3 is 0 Å². The zero-order valence-electron chi connectivity index (χ0n) is 15.2. The monoisotopic (exact) mass is 383 g/mol. The van der Waals surface area contributed by atoms with Crippen molar-refractivity contribution in [3.63, 3.8) is 0 Å². The maximum Gasteiger partial charge on any atom is 0.243 e. The van der Waals surface area contributed by atoms with E-state index in [2.05, 4.69) is 12.2 Å². The number of rotatable bonds is 5. The summed E-state index contributed by atoms with van der Waals surface area (Å²) in [6, 6.07) is 15.1. The van der Waals surface area contributed by atoms with Crippen LogP contribution in [0.3, 0.4) is 0 Å². The maximum absolute atomic E-state index is 12.5. The van der Waals surface area contributed by atoms with Crippen LogP contribution < -0.4 is 10.2 Å². The number of benzene rings is 2. The average molecular weight is 384 g/mol. The van der Waals surface area contributed by atoms with E-state index in [0.29, 0.717) is 10.9 Å². The molecule has 27 heavy (non-hydrogen) atoms. The van der Waals surface area contributed by atoms with E-state index in [0.717, 1.165) is 35.3 Å². The molecule has 1 heterocycles. The Labute approximate surface area is 164 Å². The number of aliphatic hydroxyl groups excluding tert-OH is 1. The molecule has 0 unspecified atom stereocenters. The Morgan fingerprint density at radius 3 is 2.67 bits per heavy atom. The van der Waals surface area contributed by atoms with Gasteiger partial charge in [0.15, 0.2) is 0 Å². The number of nitrogens with one attached hydrogen (secondary N) is 1. The molecule has 0 saturated carbocycles. The van der Waals surface area contributed by atoms with Crippen molar-refractivity contribution < 1.29 is 9.90 Å². The highest BCUT2D eigenvalue weighted by Crippen LogP contribution is 2.37. The molecule has 1 fully saturated rings. The standard InChI is InChI=1S/C21H22ClN3O2/c1-14-10-20(21(27)24-9-8-23)25(12-14)19-11-17(6-7-18(19)22)16-4-2-15(13-26)3-5-16/h2-7,11,14,20,26H,9-10,12-13H2,1H3,(H,24,27)/t14-,20-/m0/s1. The fraction of sp³-hybridized carbons (Fsp3) is 0.333. The number of hydrogen-bond acceptors (Lipinski definition) is 4. The van der Waals surface area contributed by atoms with Gasteiger partial charge in [-0.25, -0.2) is 0 Å².